The normalized spacial score (nSPS) is 14.1. The van der Waals surface area contributed by atoms with Gasteiger partial charge in [0, 0.05) is 12.2 Å². The molecule has 1 heterocycles. The molecule has 1 aliphatic rings. The number of ether oxygens (including phenoxy) is 2. The Bertz CT molecular complexity index is 856. The monoisotopic (exact) mass is 323 g/mol. The third kappa shape index (κ3) is 2.46. The number of carbonyl (C=O) groups excluding carboxylic acids is 1. The number of aromatic nitrogens is 1. The summed E-state index contributed by atoms with van der Waals surface area (Å²) in [5.74, 6) is -3.47. The van der Waals surface area contributed by atoms with Crippen molar-refractivity contribution in [3.63, 3.8) is 0 Å². The number of carbonyl (C=O) groups is 1. The van der Waals surface area contributed by atoms with Gasteiger partial charge in [0.25, 0.3) is 0 Å². The highest BCUT2D eigenvalue weighted by Crippen LogP contribution is 2.38. The summed E-state index contributed by atoms with van der Waals surface area (Å²) >= 11 is 0. The summed E-state index contributed by atoms with van der Waals surface area (Å²) in [5, 5.41) is -0.0989. The highest BCUT2D eigenvalue weighted by atomic mass is 19.2. The topological polar surface area (TPSA) is 57.5 Å². The fourth-order valence-electron chi connectivity index (χ4n) is 2.57. The molecule has 0 atom stereocenters. The number of halogens is 2. The van der Waals surface area contributed by atoms with Crippen molar-refractivity contribution in [3.05, 3.63) is 39.7 Å². The molecule has 1 aromatic carbocycles. The number of hydrogen-bond donors (Lipinski definition) is 0. The fraction of sp³-hybridized carbons (Fsp3) is 0.375. The van der Waals surface area contributed by atoms with Gasteiger partial charge >= 0.3 is 5.97 Å². The van der Waals surface area contributed by atoms with E-state index in [2.05, 4.69) is 0 Å². The molecule has 3 rings (SSSR count). The van der Waals surface area contributed by atoms with E-state index in [9.17, 15) is 18.4 Å². The van der Waals surface area contributed by atoms with Crippen LogP contribution in [0.25, 0.3) is 10.9 Å². The molecular weight excluding hydrogens is 308 g/mol. The summed E-state index contributed by atoms with van der Waals surface area (Å²) in [4.78, 5) is 24.5. The Morgan fingerprint density at radius 3 is 2.61 bits per heavy atom. The lowest BCUT2D eigenvalue weighted by molar-refractivity contribution is 0.0524. The van der Waals surface area contributed by atoms with Gasteiger partial charge in [-0.1, -0.05) is 0 Å². The van der Waals surface area contributed by atoms with Crippen LogP contribution in [0, 0.1) is 11.6 Å². The minimum absolute atomic E-state index is 0.0615. The van der Waals surface area contributed by atoms with E-state index in [0.29, 0.717) is 0 Å². The van der Waals surface area contributed by atoms with Crippen molar-refractivity contribution in [1.29, 1.82) is 0 Å². The third-order valence-electron chi connectivity index (χ3n) is 3.82. The Labute approximate surface area is 130 Å². The largest absolute Gasteiger partial charge is 0.494 e. The number of esters is 1. The average Bonchev–Trinajstić information content (AvgIpc) is 3.36. The first-order valence-corrected chi connectivity index (χ1v) is 7.27. The molecule has 2 aromatic rings. The van der Waals surface area contributed by atoms with Gasteiger partial charge in [0.15, 0.2) is 11.6 Å². The molecule has 0 amide bonds. The molecule has 0 N–H and O–H groups in total. The molecule has 1 saturated carbocycles. The van der Waals surface area contributed by atoms with Gasteiger partial charge in [0.2, 0.25) is 11.2 Å². The predicted molar refractivity (Wildman–Crippen MR) is 78.9 cm³/mol. The smallest absolute Gasteiger partial charge is 0.343 e. The van der Waals surface area contributed by atoms with Crippen molar-refractivity contribution in [2.45, 2.75) is 25.8 Å². The van der Waals surface area contributed by atoms with Crippen molar-refractivity contribution in [3.8, 4) is 5.75 Å². The van der Waals surface area contributed by atoms with Crippen LogP contribution in [-0.2, 0) is 4.74 Å². The highest BCUT2D eigenvalue weighted by Gasteiger charge is 2.30. The van der Waals surface area contributed by atoms with E-state index in [1.54, 1.807) is 6.92 Å². The number of nitrogens with zero attached hydrogens (tertiary/aromatic N) is 1. The maximum absolute atomic E-state index is 14.4. The molecular formula is C16H15F2NO4. The summed E-state index contributed by atoms with van der Waals surface area (Å²) in [6, 6.07) is 1.06. The maximum atomic E-state index is 14.4. The van der Waals surface area contributed by atoms with E-state index < -0.39 is 23.0 Å². The Balaban J connectivity index is 2.38. The Hall–Kier alpha value is -2.44. The van der Waals surface area contributed by atoms with Crippen LogP contribution in [-0.4, -0.2) is 24.3 Å². The Morgan fingerprint density at radius 2 is 2.04 bits per heavy atom. The van der Waals surface area contributed by atoms with E-state index >= 15 is 0 Å². The fourth-order valence-corrected chi connectivity index (χ4v) is 2.57. The van der Waals surface area contributed by atoms with Crippen LogP contribution in [0.1, 0.15) is 36.2 Å². The van der Waals surface area contributed by atoms with Crippen LogP contribution < -0.4 is 10.2 Å². The van der Waals surface area contributed by atoms with Crippen LogP contribution in [0.4, 0.5) is 8.78 Å². The van der Waals surface area contributed by atoms with Crippen molar-refractivity contribution in [2.24, 2.45) is 0 Å². The zero-order valence-corrected chi connectivity index (χ0v) is 12.7. The minimum atomic E-state index is -1.15. The molecule has 0 saturated heterocycles. The minimum Gasteiger partial charge on any atom is -0.494 e. The van der Waals surface area contributed by atoms with Crippen LogP contribution in [0.2, 0.25) is 0 Å². The lowest BCUT2D eigenvalue weighted by Crippen LogP contribution is -2.21. The summed E-state index contributed by atoms with van der Waals surface area (Å²) in [5.41, 5.74) is -1.05. The first-order valence-electron chi connectivity index (χ1n) is 7.27. The van der Waals surface area contributed by atoms with Gasteiger partial charge in [0.1, 0.15) is 5.56 Å². The van der Waals surface area contributed by atoms with E-state index in [0.717, 1.165) is 18.9 Å². The molecule has 1 fully saturated rings. The molecule has 0 unspecified atom stereocenters. The van der Waals surface area contributed by atoms with Crippen molar-refractivity contribution in [2.75, 3.05) is 13.7 Å². The van der Waals surface area contributed by atoms with E-state index in [1.165, 1.54) is 17.9 Å². The van der Waals surface area contributed by atoms with Gasteiger partial charge in [-0.3, -0.25) is 4.79 Å². The van der Waals surface area contributed by atoms with E-state index in [1.807, 2.05) is 0 Å². The molecule has 1 aromatic heterocycles. The van der Waals surface area contributed by atoms with Crippen molar-refractivity contribution in [1.82, 2.24) is 4.57 Å². The molecule has 0 spiro atoms. The molecule has 7 heteroatoms. The first kappa shape index (κ1) is 15.5. The lowest BCUT2D eigenvalue weighted by atomic mass is 10.1. The number of hydrogen-bond acceptors (Lipinski definition) is 4. The first-order chi connectivity index (χ1) is 11.0. The molecule has 23 heavy (non-hydrogen) atoms. The Morgan fingerprint density at radius 1 is 1.35 bits per heavy atom. The second-order valence-electron chi connectivity index (χ2n) is 5.33. The number of methoxy groups -OCH3 is 1. The molecule has 0 aliphatic heterocycles. The molecule has 0 bridgehead atoms. The van der Waals surface area contributed by atoms with E-state index in [-0.39, 0.29) is 34.9 Å². The summed E-state index contributed by atoms with van der Waals surface area (Å²) < 4.78 is 39.5. The predicted octanol–water partition coefficient (Wildman–Crippen LogP) is 2.80. The number of fused-ring (bicyclic) bond motifs is 1. The zero-order valence-electron chi connectivity index (χ0n) is 12.7. The van der Waals surface area contributed by atoms with Gasteiger partial charge < -0.3 is 14.0 Å². The number of benzene rings is 1. The molecule has 122 valence electrons. The van der Waals surface area contributed by atoms with Crippen LogP contribution in [0.5, 0.6) is 5.75 Å². The summed E-state index contributed by atoms with van der Waals surface area (Å²) in [6.07, 6.45) is 2.80. The molecule has 5 nitrogen and oxygen atoms in total. The van der Waals surface area contributed by atoms with Crippen LogP contribution in [0.3, 0.4) is 0 Å². The SMILES string of the molecule is CCOC(=O)c1cn(C2CC2)c2c(F)c(F)c(OC)cc2c1=O. The van der Waals surface area contributed by atoms with Gasteiger partial charge in [-0.05, 0) is 25.8 Å². The Kier molecular flexibility index (Phi) is 3.79. The second kappa shape index (κ2) is 5.64. The molecule has 0 radical (unpaired) electrons. The maximum Gasteiger partial charge on any atom is 0.343 e. The standard InChI is InChI=1S/C16H15F2NO4/c1-3-23-16(21)10-7-19(8-4-5-8)14-9(15(10)20)6-11(22-2)12(17)13(14)18/h6-8H,3-5H2,1-2H3. The summed E-state index contributed by atoms with van der Waals surface area (Å²) in [6.45, 7) is 1.73. The highest BCUT2D eigenvalue weighted by molar-refractivity contribution is 5.94. The van der Waals surface area contributed by atoms with Gasteiger partial charge in [-0.25, -0.2) is 9.18 Å². The van der Waals surface area contributed by atoms with Crippen LogP contribution in [0.15, 0.2) is 17.1 Å². The summed E-state index contributed by atoms with van der Waals surface area (Å²) in [7, 11) is 1.18. The lowest BCUT2D eigenvalue weighted by Gasteiger charge is -2.14. The van der Waals surface area contributed by atoms with Gasteiger partial charge in [-0.15, -0.1) is 0 Å². The van der Waals surface area contributed by atoms with Gasteiger partial charge in [-0.2, -0.15) is 4.39 Å². The van der Waals surface area contributed by atoms with E-state index in [4.69, 9.17) is 9.47 Å². The number of rotatable bonds is 4. The van der Waals surface area contributed by atoms with Crippen LogP contribution >= 0.6 is 0 Å². The zero-order chi connectivity index (χ0) is 16.7. The second-order valence-corrected chi connectivity index (χ2v) is 5.33. The number of pyridine rings is 1. The third-order valence-corrected chi connectivity index (χ3v) is 3.82. The van der Waals surface area contributed by atoms with Crippen molar-refractivity contribution < 1.29 is 23.0 Å². The average molecular weight is 323 g/mol. The molecule has 1 aliphatic carbocycles. The van der Waals surface area contributed by atoms with Gasteiger partial charge in [0.05, 0.1) is 24.6 Å². The quantitative estimate of drug-likeness (QED) is 0.812. The van der Waals surface area contributed by atoms with Crippen molar-refractivity contribution >= 4 is 16.9 Å².